The third-order valence-electron chi connectivity index (χ3n) is 3.58. The molecule has 0 spiro atoms. The van der Waals surface area contributed by atoms with E-state index in [1.165, 1.54) is 48.1 Å². The molecule has 0 radical (unpaired) electrons. The Bertz CT molecular complexity index is 951. The van der Waals surface area contributed by atoms with Crippen LogP contribution in [0.2, 0.25) is 0 Å². The van der Waals surface area contributed by atoms with Crippen molar-refractivity contribution in [3.8, 4) is 22.8 Å². The Balaban J connectivity index is 2.17. The molecular formula is C16H11F3N4O2. The molecule has 128 valence electrons. The molecule has 6 nitrogen and oxygen atoms in total. The van der Waals surface area contributed by atoms with Crippen LogP contribution in [0.3, 0.4) is 0 Å². The van der Waals surface area contributed by atoms with E-state index in [-0.39, 0.29) is 28.5 Å². The highest BCUT2D eigenvalue weighted by molar-refractivity contribution is 5.70. The molecule has 1 heterocycles. The number of para-hydroxylation sites is 1. The summed E-state index contributed by atoms with van der Waals surface area (Å²) >= 11 is 0. The zero-order valence-corrected chi connectivity index (χ0v) is 12.9. The molecule has 0 bridgehead atoms. The molecule has 25 heavy (non-hydrogen) atoms. The van der Waals surface area contributed by atoms with Crippen LogP contribution < -0.4 is 0 Å². The summed E-state index contributed by atoms with van der Waals surface area (Å²) in [5, 5.41) is 15.2. The fourth-order valence-corrected chi connectivity index (χ4v) is 2.48. The number of hydrogen-bond donors (Lipinski definition) is 0. The zero-order chi connectivity index (χ0) is 18.2. The number of benzene rings is 2. The minimum absolute atomic E-state index is 0.0122. The second-order valence-corrected chi connectivity index (χ2v) is 5.20. The van der Waals surface area contributed by atoms with Gasteiger partial charge in [0.1, 0.15) is 0 Å². The number of halogens is 3. The average molecular weight is 348 g/mol. The number of hydrogen-bond acceptors (Lipinski definition) is 4. The summed E-state index contributed by atoms with van der Waals surface area (Å²) in [5.74, 6) is -0.0390. The highest BCUT2D eigenvalue weighted by Crippen LogP contribution is 2.37. The highest BCUT2D eigenvalue weighted by atomic mass is 19.4. The maximum atomic E-state index is 13.2. The van der Waals surface area contributed by atoms with E-state index in [2.05, 4.69) is 10.1 Å². The van der Waals surface area contributed by atoms with E-state index in [9.17, 15) is 23.3 Å². The highest BCUT2D eigenvalue weighted by Gasteiger charge is 2.34. The maximum absolute atomic E-state index is 13.2. The maximum Gasteiger partial charge on any atom is 0.417 e. The van der Waals surface area contributed by atoms with Crippen molar-refractivity contribution in [2.24, 2.45) is 7.05 Å². The van der Waals surface area contributed by atoms with Crippen molar-refractivity contribution in [1.29, 1.82) is 0 Å². The van der Waals surface area contributed by atoms with Crippen molar-refractivity contribution < 1.29 is 18.1 Å². The smallest absolute Gasteiger partial charge is 0.258 e. The number of nitro benzene ring substituents is 1. The van der Waals surface area contributed by atoms with Gasteiger partial charge < -0.3 is 0 Å². The summed E-state index contributed by atoms with van der Waals surface area (Å²) in [6, 6.07) is 10.8. The summed E-state index contributed by atoms with van der Waals surface area (Å²) < 4.78 is 40.8. The molecule has 0 saturated carbocycles. The zero-order valence-electron chi connectivity index (χ0n) is 12.9. The van der Waals surface area contributed by atoms with Crippen LogP contribution in [0.25, 0.3) is 22.8 Å². The molecule has 9 heteroatoms. The van der Waals surface area contributed by atoms with E-state index >= 15 is 0 Å². The molecule has 2 aromatic carbocycles. The Kier molecular flexibility index (Phi) is 3.99. The second-order valence-electron chi connectivity index (χ2n) is 5.20. The number of aryl methyl sites for hydroxylation is 1. The van der Waals surface area contributed by atoms with Gasteiger partial charge in [-0.05, 0) is 12.1 Å². The van der Waals surface area contributed by atoms with Gasteiger partial charge in [0.05, 0.1) is 16.1 Å². The Morgan fingerprint density at radius 3 is 2.28 bits per heavy atom. The van der Waals surface area contributed by atoms with Crippen molar-refractivity contribution in [1.82, 2.24) is 14.8 Å². The first-order chi connectivity index (χ1) is 11.8. The molecule has 0 aliphatic rings. The fourth-order valence-electron chi connectivity index (χ4n) is 2.48. The minimum atomic E-state index is -4.55. The van der Waals surface area contributed by atoms with Crippen LogP contribution in [-0.2, 0) is 13.2 Å². The molecule has 0 N–H and O–H groups in total. The molecule has 0 unspecified atom stereocenters. The monoisotopic (exact) mass is 348 g/mol. The normalized spacial score (nSPS) is 11.5. The van der Waals surface area contributed by atoms with Gasteiger partial charge >= 0.3 is 6.18 Å². The van der Waals surface area contributed by atoms with Gasteiger partial charge in [0.25, 0.3) is 5.69 Å². The van der Waals surface area contributed by atoms with Gasteiger partial charge in [0.15, 0.2) is 11.6 Å². The van der Waals surface area contributed by atoms with Crippen LogP contribution in [0.1, 0.15) is 5.56 Å². The van der Waals surface area contributed by atoms with Crippen LogP contribution in [0.4, 0.5) is 18.9 Å². The summed E-state index contributed by atoms with van der Waals surface area (Å²) in [5.41, 5.74) is -1.07. The molecule has 0 aliphatic heterocycles. The SMILES string of the molecule is Cn1nc(-c2ccccc2[N+](=O)[O-])nc1-c1ccccc1C(F)(F)F. The quantitative estimate of drug-likeness (QED) is 0.528. The first-order valence-corrected chi connectivity index (χ1v) is 7.10. The van der Waals surface area contributed by atoms with E-state index in [0.717, 1.165) is 6.07 Å². The lowest BCUT2D eigenvalue weighted by Crippen LogP contribution is -2.08. The first kappa shape index (κ1) is 16.6. The van der Waals surface area contributed by atoms with Crippen LogP contribution in [-0.4, -0.2) is 19.7 Å². The third kappa shape index (κ3) is 3.08. The molecule has 0 saturated heterocycles. The van der Waals surface area contributed by atoms with E-state index in [1.807, 2.05) is 0 Å². The van der Waals surface area contributed by atoms with Gasteiger partial charge in [-0.1, -0.05) is 30.3 Å². The molecule has 0 aliphatic carbocycles. The van der Waals surface area contributed by atoms with Crippen LogP contribution >= 0.6 is 0 Å². The summed E-state index contributed by atoms with van der Waals surface area (Å²) in [4.78, 5) is 14.7. The number of nitro groups is 1. The first-order valence-electron chi connectivity index (χ1n) is 7.10. The van der Waals surface area contributed by atoms with E-state index in [1.54, 1.807) is 6.07 Å². The molecule has 3 rings (SSSR count). The van der Waals surface area contributed by atoms with Gasteiger partial charge in [0.2, 0.25) is 0 Å². The molecule has 0 fully saturated rings. The molecule has 3 aromatic rings. The standard InChI is InChI=1S/C16H11F3N4O2/c1-22-15(10-6-2-4-8-12(10)16(17,18)19)20-14(21-22)11-7-3-5-9-13(11)23(24)25/h2-9H,1H3. The van der Waals surface area contributed by atoms with Gasteiger partial charge in [0, 0.05) is 18.7 Å². The third-order valence-corrected chi connectivity index (χ3v) is 3.58. The lowest BCUT2D eigenvalue weighted by molar-refractivity contribution is -0.384. The number of nitrogens with zero attached hydrogens (tertiary/aromatic N) is 4. The van der Waals surface area contributed by atoms with E-state index in [0.29, 0.717) is 0 Å². The van der Waals surface area contributed by atoms with Crippen LogP contribution in [0.15, 0.2) is 48.5 Å². The molecule has 0 amide bonds. The number of alkyl halides is 3. The molecular weight excluding hydrogens is 337 g/mol. The Hall–Kier alpha value is -3.23. The van der Waals surface area contributed by atoms with Crippen LogP contribution in [0, 0.1) is 10.1 Å². The van der Waals surface area contributed by atoms with Crippen molar-refractivity contribution in [2.75, 3.05) is 0 Å². The Labute approximate surface area is 139 Å². The van der Waals surface area contributed by atoms with E-state index in [4.69, 9.17) is 0 Å². The topological polar surface area (TPSA) is 73.8 Å². The van der Waals surface area contributed by atoms with Crippen LogP contribution in [0.5, 0.6) is 0 Å². The van der Waals surface area contributed by atoms with Gasteiger partial charge in [-0.15, -0.1) is 0 Å². The van der Waals surface area contributed by atoms with E-state index < -0.39 is 16.7 Å². The lowest BCUT2D eigenvalue weighted by Gasteiger charge is -2.11. The number of aromatic nitrogens is 3. The molecule has 1 aromatic heterocycles. The second kappa shape index (κ2) is 6.00. The summed E-state index contributed by atoms with van der Waals surface area (Å²) in [6.45, 7) is 0. The largest absolute Gasteiger partial charge is 0.417 e. The van der Waals surface area contributed by atoms with Gasteiger partial charge in [-0.2, -0.15) is 18.3 Å². The Morgan fingerprint density at radius 1 is 1.04 bits per heavy atom. The lowest BCUT2D eigenvalue weighted by atomic mass is 10.1. The van der Waals surface area contributed by atoms with Crippen molar-refractivity contribution in [2.45, 2.75) is 6.18 Å². The predicted octanol–water partition coefficient (Wildman–Crippen LogP) is 4.08. The predicted molar refractivity (Wildman–Crippen MR) is 83.5 cm³/mol. The van der Waals surface area contributed by atoms with Crippen molar-refractivity contribution >= 4 is 5.69 Å². The summed E-state index contributed by atoms with van der Waals surface area (Å²) in [7, 11) is 1.44. The molecule has 0 atom stereocenters. The fraction of sp³-hybridized carbons (Fsp3) is 0.125. The number of rotatable bonds is 3. The van der Waals surface area contributed by atoms with Gasteiger partial charge in [-0.3, -0.25) is 10.1 Å². The van der Waals surface area contributed by atoms with Gasteiger partial charge in [-0.25, -0.2) is 9.67 Å². The van der Waals surface area contributed by atoms with Crippen molar-refractivity contribution in [3.05, 3.63) is 64.2 Å². The average Bonchev–Trinajstić information content (AvgIpc) is 2.95. The minimum Gasteiger partial charge on any atom is -0.258 e. The Morgan fingerprint density at radius 2 is 1.64 bits per heavy atom. The van der Waals surface area contributed by atoms with Crippen molar-refractivity contribution in [3.63, 3.8) is 0 Å². The summed E-state index contributed by atoms with van der Waals surface area (Å²) in [6.07, 6.45) is -4.55.